The molecular weight excluding hydrogens is 240 g/mol. The monoisotopic (exact) mass is 256 g/mol. The zero-order valence-corrected chi connectivity index (χ0v) is 10.7. The Morgan fingerprint density at radius 2 is 1.68 bits per heavy atom. The number of carbonyl (C=O) groups is 1. The van der Waals surface area contributed by atoms with Crippen LogP contribution in [0.15, 0.2) is 48.5 Å². The summed E-state index contributed by atoms with van der Waals surface area (Å²) in [4.78, 5) is 12.1. The van der Waals surface area contributed by atoms with E-state index in [2.05, 4.69) is 10.6 Å². The molecular formula is C15H16N2O2. The summed E-state index contributed by atoms with van der Waals surface area (Å²) < 4.78 is 0. The average molecular weight is 256 g/mol. The number of para-hydroxylation sites is 2. The Bertz CT molecular complexity index is 565. The Balaban J connectivity index is 2.16. The number of rotatable bonds is 4. The molecule has 2 rings (SSSR count). The molecule has 0 aliphatic rings. The lowest BCUT2D eigenvalue weighted by Gasteiger charge is -2.10. The molecule has 0 bridgehead atoms. The summed E-state index contributed by atoms with van der Waals surface area (Å²) in [5.74, 6) is -0.174. The van der Waals surface area contributed by atoms with Gasteiger partial charge >= 0.3 is 0 Å². The molecule has 4 heteroatoms. The fraction of sp³-hybridized carbons (Fsp3) is 0.133. The van der Waals surface area contributed by atoms with Crippen molar-refractivity contribution >= 4 is 17.3 Å². The zero-order chi connectivity index (χ0) is 13.7. The van der Waals surface area contributed by atoms with Gasteiger partial charge in [-0.25, -0.2) is 0 Å². The molecule has 1 amide bonds. The number of amides is 1. The third kappa shape index (κ3) is 3.11. The molecule has 0 aromatic heterocycles. The van der Waals surface area contributed by atoms with Crippen LogP contribution in [0, 0.1) is 0 Å². The topological polar surface area (TPSA) is 61.4 Å². The third-order valence-corrected chi connectivity index (χ3v) is 2.84. The highest BCUT2D eigenvalue weighted by atomic mass is 16.3. The minimum atomic E-state index is -0.174. The van der Waals surface area contributed by atoms with Crippen molar-refractivity contribution in [2.75, 3.05) is 17.7 Å². The highest BCUT2D eigenvalue weighted by Crippen LogP contribution is 2.20. The molecule has 0 saturated carbocycles. The molecule has 0 heterocycles. The summed E-state index contributed by atoms with van der Waals surface area (Å²) in [5.41, 5.74) is 2.94. The molecule has 0 fully saturated rings. The van der Waals surface area contributed by atoms with Crippen molar-refractivity contribution in [1.29, 1.82) is 0 Å². The van der Waals surface area contributed by atoms with Crippen molar-refractivity contribution < 1.29 is 9.90 Å². The van der Waals surface area contributed by atoms with Gasteiger partial charge in [-0.1, -0.05) is 24.3 Å². The predicted octanol–water partition coefficient (Wildman–Crippen LogP) is 2.47. The molecule has 0 atom stereocenters. The molecule has 0 aliphatic carbocycles. The number of aliphatic hydroxyl groups is 1. The van der Waals surface area contributed by atoms with Gasteiger partial charge in [0.15, 0.2) is 0 Å². The SMILES string of the molecule is CNc1ccccc1NC(=O)c1ccc(CO)cc1. The minimum Gasteiger partial charge on any atom is -0.392 e. The maximum Gasteiger partial charge on any atom is 0.255 e. The molecule has 2 aromatic carbocycles. The van der Waals surface area contributed by atoms with Crippen LogP contribution in [0.25, 0.3) is 0 Å². The van der Waals surface area contributed by atoms with Crippen LogP contribution >= 0.6 is 0 Å². The number of hydrogen-bond donors (Lipinski definition) is 3. The van der Waals surface area contributed by atoms with E-state index < -0.39 is 0 Å². The molecule has 98 valence electrons. The molecule has 0 aliphatic heterocycles. The van der Waals surface area contributed by atoms with Crippen LogP contribution in [-0.4, -0.2) is 18.1 Å². The Morgan fingerprint density at radius 1 is 1.05 bits per heavy atom. The molecule has 0 unspecified atom stereocenters. The van der Waals surface area contributed by atoms with E-state index in [9.17, 15) is 4.79 Å². The van der Waals surface area contributed by atoms with E-state index in [-0.39, 0.29) is 12.5 Å². The fourth-order valence-corrected chi connectivity index (χ4v) is 1.77. The van der Waals surface area contributed by atoms with E-state index in [0.29, 0.717) is 5.56 Å². The van der Waals surface area contributed by atoms with Gasteiger partial charge < -0.3 is 15.7 Å². The van der Waals surface area contributed by atoms with Gasteiger partial charge in [0.2, 0.25) is 0 Å². The highest BCUT2D eigenvalue weighted by Gasteiger charge is 2.08. The van der Waals surface area contributed by atoms with Gasteiger partial charge in [0, 0.05) is 12.6 Å². The quantitative estimate of drug-likeness (QED) is 0.787. The number of aliphatic hydroxyl groups excluding tert-OH is 1. The van der Waals surface area contributed by atoms with Gasteiger partial charge in [-0.15, -0.1) is 0 Å². The van der Waals surface area contributed by atoms with Crippen LogP contribution in [0.5, 0.6) is 0 Å². The van der Waals surface area contributed by atoms with E-state index in [1.54, 1.807) is 31.3 Å². The zero-order valence-electron chi connectivity index (χ0n) is 10.7. The van der Waals surface area contributed by atoms with Gasteiger partial charge in [-0.05, 0) is 29.8 Å². The number of carbonyl (C=O) groups excluding carboxylic acids is 1. The van der Waals surface area contributed by atoms with E-state index in [0.717, 1.165) is 16.9 Å². The molecule has 0 saturated heterocycles. The molecule has 19 heavy (non-hydrogen) atoms. The van der Waals surface area contributed by atoms with Crippen LogP contribution in [0.3, 0.4) is 0 Å². The standard InChI is InChI=1S/C15H16N2O2/c1-16-13-4-2-3-5-14(13)17-15(19)12-8-6-11(10-18)7-9-12/h2-9,16,18H,10H2,1H3,(H,17,19). The summed E-state index contributed by atoms with van der Waals surface area (Å²) in [7, 11) is 1.81. The van der Waals surface area contributed by atoms with Crippen molar-refractivity contribution in [3.8, 4) is 0 Å². The van der Waals surface area contributed by atoms with Crippen molar-refractivity contribution in [2.24, 2.45) is 0 Å². The summed E-state index contributed by atoms with van der Waals surface area (Å²) in [6.45, 7) is -0.0233. The van der Waals surface area contributed by atoms with Crippen LogP contribution in [-0.2, 0) is 6.61 Å². The maximum atomic E-state index is 12.1. The van der Waals surface area contributed by atoms with Crippen LogP contribution in [0.4, 0.5) is 11.4 Å². The van der Waals surface area contributed by atoms with Gasteiger partial charge in [0.25, 0.3) is 5.91 Å². The average Bonchev–Trinajstić information content (AvgIpc) is 2.48. The molecule has 0 spiro atoms. The lowest BCUT2D eigenvalue weighted by Crippen LogP contribution is -2.13. The van der Waals surface area contributed by atoms with E-state index in [1.165, 1.54) is 0 Å². The van der Waals surface area contributed by atoms with Crippen LogP contribution in [0.1, 0.15) is 15.9 Å². The lowest BCUT2D eigenvalue weighted by molar-refractivity contribution is 0.102. The first-order chi connectivity index (χ1) is 9.24. The minimum absolute atomic E-state index is 0.0233. The number of hydrogen-bond acceptors (Lipinski definition) is 3. The summed E-state index contributed by atoms with van der Waals surface area (Å²) >= 11 is 0. The second kappa shape index (κ2) is 6.02. The van der Waals surface area contributed by atoms with Gasteiger partial charge in [0.05, 0.1) is 18.0 Å². The molecule has 2 aromatic rings. The Labute approximate surface area is 112 Å². The van der Waals surface area contributed by atoms with E-state index in [4.69, 9.17) is 5.11 Å². The Kier molecular flexibility index (Phi) is 4.15. The third-order valence-electron chi connectivity index (χ3n) is 2.84. The lowest BCUT2D eigenvalue weighted by atomic mass is 10.1. The molecule has 3 N–H and O–H groups in total. The second-order valence-corrected chi connectivity index (χ2v) is 4.10. The van der Waals surface area contributed by atoms with Gasteiger partial charge in [0.1, 0.15) is 0 Å². The van der Waals surface area contributed by atoms with Crippen molar-refractivity contribution in [2.45, 2.75) is 6.61 Å². The Hall–Kier alpha value is -2.33. The maximum absolute atomic E-state index is 12.1. The first kappa shape index (κ1) is 13.1. The summed E-state index contributed by atoms with van der Waals surface area (Å²) in [5, 5.41) is 14.8. The predicted molar refractivity (Wildman–Crippen MR) is 76.3 cm³/mol. The van der Waals surface area contributed by atoms with E-state index >= 15 is 0 Å². The largest absolute Gasteiger partial charge is 0.392 e. The second-order valence-electron chi connectivity index (χ2n) is 4.10. The van der Waals surface area contributed by atoms with Crippen LogP contribution in [0.2, 0.25) is 0 Å². The highest BCUT2D eigenvalue weighted by molar-refractivity contribution is 6.05. The van der Waals surface area contributed by atoms with Gasteiger partial charge in [-0.2, -0.15) is 0 Å². The Morgan fingerprint density at radius 3 is 2.26 bits per heavy atom. The molecule has 0 radical (unpaired) electrons. The van der Waals surface area contributed by atoms with Crippen molar-refractivity contribution in [1.82, 2.24) is 0 Å². The number of benzene rings is 2. The first-order valence-corrected chi connectivity index (χ1v) is 6.02. The first-order valence-electron chi connectivity index (χ1n) is 6.02. The number of anilines is 2. The smallest absolute Gasteiger partial charge is 0.255 e. The number of nitrogens with one attached hydrogen (secondary N) is 2. The summed E-state index contributed by atoms with van der Waals surface area (Å²) in [6, 6.07) is 14.4. The summed E-state index contributed by atoms with van der Waals surface area (Å²) in [6.07, 6.45) is 0. The molecule has 4 nitrogen and oxygen atoms in total. The van der Waals surface area contributed by atoms with E-state index in [1.807, 2.05) is 24.3 Å². The van der Waals surface area contributed by atoms with Crippen molar-refractivity contribution in [3.05, 3.63) is 59.7 Å². The van der Waals surface area contributed by atoms with Crippen LogP contribution < -0.4 is 10.6 Å². The van der Waals surface area contributed by atoms with Gasteiger partial charge in [-0.3, -0.25) is 4.79 Å². The van der Waals surface area contributed by atoms with Crippen molar-refractivity contribution in [3.63, 3.8) is 0 Å². The fourth-order valence-electron chi connectivity index (χ4n) is 1.77. The normalized spacial score (nSPS) is 10.0.